The second-order valence-corrected chi connectivity index (χ2v) is 5.94. The molecule has 0 saturated heterocycles. The van der Waals surface area contributed by atoms with Gasteiger partial charge in [-0.3, -0.25) is 9.78 Å². The van der Waals surface area contributed by atoms with Crippen LogP contribution in [0.25, 0.3) is 10.9 Å². The Kier molecular flexibility index (Phi) is 4.43. The summed E-state index contributed by atoms with van der Waals surface area (Å²) in [6, 6.07) is 11.9. The number of hydrogen-bond acceptors (Lipinski definition) is 3. The number of nitrogens with zero attached hydrogens (tertiary/aromatic N) is 1. The van der Waals surface area contributed by atoms with E-state index in [0.29, 0.717) is 5.75 Å². The van der Waals surface area contributed by atoms with Gasteiger partial charge in [0.15, 0.2) is 0 Å². The van der Waals surface area contributed by atoms with Crippen molar-refractivity contribution in [3.8, 4) is 0 Å². The first-order valence-corrected chi connectivity index (χ1v) is 7.32. The molecule has 1 atom stereocenters. The van der Waals surface area contributed by atoms with Gasteiger partial charge in [0.05, 0.1) is 11.2 Å². The summed E-state index contributed by atoms with van der Waals surface area (Å²) >= 11 is 1.44. The quantitative estimate of drug-likeness (QED) is 0.906. The third-order valence-electron chi connectivity index (χ3n) is 2.92. The average molecular weight is 275 g/mol. The Labute approximate surface area is 117 Å². The van der Waals surface area contributed by atoms with E-state index in [4.69, 9.17) is 5.11 Å². The maximum atomic E-state index is 11.1. The zero-order valence-electron chi connectivity index (χ0n) is 11.0. The molecule has 0 aliphatic heterocycles. The number of carbonyl (C=O) groups is 1. The smallest absolute Gasteiger partial charge is 0.316 e. The van der Waals surface area contributed by atoms with Crippen LogP contribution in [0.2, 0.25) is 0 Å². The maximum absolute atomic E-state index is 11.1. The normalized spacial score (nSPS) is 12.8. The molecule has 1 heterocycles. The van der Waals surface area contributed by atoms with Crippen molar-refractivity contribution < 1.29 is 9.90 Å². The number of para-hydroxylation sites is 1. The third kappa shape index (κ3) is 3.47. The fourth-order valence-corrected chi connectivity index (χ4v) is 2.95. The molecule has 0 spiro atoms. The Morgan fingerprint density at radius 1 is 1.26 bits per heavy atom. The lowest BCUT2D eigenvalue weighted by Gasteiger charge is -2.15. The number of pyridine rings is 1. The first-order valence-electron chi connectivity index (χ1n) is 6.27. The van der Waals surface area contributed by atoms with Crippen molar-refractivity contribution in [2.45, 2.75) is 24.9 Å². The summed E-state index contributed by atoms with van der Waals surface area (Å²) in [5.74, 6) is -0.0104. The van der Waals surface area contributed by atoms with Crippen LogP contribution in [0.5, 0.6) is 0 Å². The Hall–Kier alpha value is -1.55. The molecule has 2 aromatic rings. The van der Waals surface area contributed by atoms with E-state index < -0.39 is 5.97 Å². The number of aliphatic carboxylic acids is 1. The first-order chi connectivity index (χ1) is 9.08. The van der Waals surface area contributed by atoms with E-state index >= 15 is 0 Å². The lowest BCUT2D eigenvalue weighted by atomic mass is 10.1. The van der Waals surface area contributed by atoms with Gasteiger partial charge >= 0.3 is 5.97 Å². The minimum atomic E-state index is -0.749. The first kappa shape index (κ1) is 13.9. The minimum absolute atomic E-state index is 0.114. The summed E-state index contributed by atoms with van der Waals surface area (Å²) in [6.45, 7) is 3.86. The summed E-state index contributed by atoms with van der Waals surface area (Å²) in [7, 11) is 0. The van der Waals surface area contributed by atoms with Gasteiger partial charge in [-0.25, -0.2) is 0 Å². The van der Waals surface area contributed by atoms with E-state index in [-0.39, 0.29) is 11.2 Å². The number of rotatable bonds is 5. The van der Waals surface area contributed by atoms with E-state index in [1.54, 1.807) is 0 Å². The molecule has 1 unspecified atom stereocenters. The molecular formula is C15H17NO2S. The van der Waals surface area contributed by atoms with Crippen LogP contribution in [0, 0.1) is 5.92 Å². The van der Waals surface area contributed by atoms with Crippen molar-refractivity contribution in [3.05, 3.63) is 42.1 Å². The van der Waals surface area contributed by atoms with Crippen LogP contribution < -0.4 is 0 Å². The molecule has 0 bridgehead atoms. The van der Waals surface area contributed by atoms with Gasteiger partial charge in [0.2, 0.25) is 0 Å². The molecule has 0 aliphatic rings. The predicted molar refractivity (Wildman–Crippen MR) is 79.3 cm³/mol. The van der Waals surface area contributed by atoms with Crippen molar-refractivity contribution in [2.24, 2.45) is 5.92 Å². The molecule has 0 amide bonds. The molecule has 2 rings (SSSR count). The van der Waals surface area contributed by atoms with Crippen LogP contribution in [0.1, 0.15) is 19.5 Å². The highest BCUT2D eigenvalue weighted by Gasteiger charge is 2.21. The molecule has 1 aromatic carbocycles. The summed E-state index contributed by atoms with van der Waals surface area (Å²) in [5, 5.41) is 9.88. The summed E-state index contributed by atoms with van der Waals surface area (Å²) in [4.78, 5) is 15.7. The number of carboxylic acid groups (broad SMARTS) is 1. The molecule has 0 aliphatic carbocycles. The molecule has 0 radical (unpaired) electrons. The number of aromatic nitrogens is 1. The van der Waals surface area contributed by atoms with Crippen LogP contribution in [0.4, 0.5) is 0 Å². The number of benzene rings is 1. The SMILES string of the molecule is CC(C)C(SCc1ccc2ccccc2n1)C(=O)O. The van der Waals surface area contributed by atoms with Gasteiger partial charge in [0.1, 0.15) is 5.25 Å². The molecule has 4 heteroatoms. The zero-order chi connectivity index (χ0) is 13.8. The fourth-order valence-electron chi connectivity index (χ4n) is 1.91. The molecule has 0 fully saturated rings. The lowest BCUT2D eigenvalue weighted by Crippen LogP contribution is -2.22. The number of fused-ring (bicyclic) bond motifs is 1. The summed E-state index contributed by atoms with van der Waals surface area (Å²) < 4.78 is 0. The molecule has 1 aromatic heterocycles. The zero-order valence-corrected chi connectivity index (χ0v) is 11.9. The Morgan fingerprint density at radius 2 is 2.00 bits per heavy atom. The van der Waals surface area contributed by atoms with Crippen LogP contribution >= 0.6 is 11.8 Å². The Bertz CT molecular complexity index is 583. The number of hydrogen-bond donors (Lipinski definition) is 1. The molecule has 19 heavy (non-hydrogen) atoms. The molecular weight excluding hydrogens is 258 g/mol. The highest BCUT2D eigenvalue weighted by atomic mass is 32.2. The summed E-state index contributed by atoms with van der Waals surface area (Å²) in [5.41, 5.74) is 1.88. The topological polar surface area (TPSA) is 50.2 Å². The lowest BCUT2D eigenvalue weighted by molar-refractivity contribution is -0.137. The maximum Gasteiger partial charge on any atom is 0.316 e. The van der Waals surface area contributed by atoms with E-state index in [1.807, 2.05) is 50.2 Å². The van der Waals surface area contributed by atoms with Gasteiger partial charge in [-0.1, -0.05) is 38.1 Å². The monoisotopic (exact) mass is 275 g/mol. The molecule has 1 N–H and O–H groups in total. The second-order valence-electron chi connectivity index (χ2n) is 4.81. The highest BCUT2D eigenvalue weighted by molar-refractivity contribution is 7.99. The van der Waals surface area contributed by atoms with E-state index in [2.05, 4.69) is 4.98 Å². The largest absolute Gasteiger partial charge is 0.480 e. The fraction of sp³-hybridized carbons (Fsp3) is 0.333. The van der Waals surface area contributed by atoms with E-state index in [1.165, 1.54) is 11.8 Å². The third-order valence-corrected chi connectivity index (χ3v) is 4.48. The second kappa shape index (κ2) is 6.06. The van der Waals surface area contributed by atoms with Crippen molar-refractivity contribution in [1.82, 2.24) is 4.98 Å². The molecule has 0 saturated carbocycles. The molecule has 3 nitrogen and oxygen atoms in total. The van der Waals surface area contributed by atoms with Gasteiger partial charge in [0, 0.05) is 11.1 Å². The van der Waals surface area contributed by atoms with Crippen LogP contribution in [-0.4, -0.2) is 21.3 Å². The Morgan fingerprint density at radius 3 is 2.68 bits per heavy atom. The number of thioether (sulfide) groups is 1. The average Bonchev–Trinajstić information content (AvgIpc) is 2.38. The Balaban J connectivity index is 2.11. The van der Waals surface area contributed by atoms with Gasteiger partial charge < -0.3 is 5.11 Å². The van der Waals surface area contributed by atoms with Gasteiger partial charge in [-0.2, -0.15) is 0 Å². The van der Waals surface area contributed by atoms with Gasteiger partial charge in [-0.05, 0) is 18.1 Å². The van der Waals surface area contributed by atoms with E-state index in [0.717, 1.165) is 16.6 Å². The predicted octanol–water partition coefficient (Wildman–Crippen LogP) is 3.58. The van der Waals surface area contributed by atoms with Crippen molar-refractivity contribution in [1.29, 1.82) is 0 Å². The van der Waals surface area contributed by atoms with Crippen LogP contribution in [-0.2, 0) is 10.5 Å². The molecule has 100 valence electrons. The highest BCUT2D eigenvalue weighted by Crippen LogP contribution is 2.24. The van der Waals surface area contributed by atoms with Crippen LogP contribution in [0.3, 0.4) is 0 Å². The standard InChI is InChI=1S/C15H17NO2S/c1-10(2)14(15(17)18)19-9-12-8-7-11-5-3-4-6-13(11)16-12/h3-8,10,14H,9H2,1-2H3,(H,17,18). The minimum Gasteiger partial charge on any atom is -0.480 e. The van der Waals surface area contributed by atoms with Crippen molar-refractivity contribution in [2.75, 3.05) is 0 Å². The van der Waals surface area contributed by atoms with Gasteiger partial charge in [-0.15, -0.1) is 11.8 Å². The van der Waals surface area contributed by atoms with Crippen LogP contribution in [0.15, 0.2) is 36.4 Å². The number of carboxylic acids is 1. The van der Waals surface area contributed by atoms with Crippen molar-refractivity contribution in [3.63, 3.8) is 0 Å². The van der Waals surface area contributed by atoms with Gasteiger partial charge in [0.25, 0.3) is 0 Å². The van der Waals surface area contributed by atoms with Crippen molar-refractivity contribution >= 4 is 28.6 Å². The summed E-state index contributed by atoms with van der Waals surface area (Å²) in [6.07, 6.45) is 0. The van der Waals surface area contributed by atoms with E-state index in [9.17, 15) is 4.79 Å².